The minimum atomic E-state index is -0.293. The number of aromatic hydroxyl groups is 1. The van der Waals surface area contributed by atoms with E-state index >= 15 is 0 Å². The predicted octanol–water partition coefficient (Wildman–Crippen LogP) is 2.37. The number of methoxy groups -OCH3 is 1. The number of alkyl halides is 1. The number of ketones is 1. The van der Waals surface area contributed by atoms with Gasteiger partial charge in [-0.05, 0) is 19.1 Å². The minimum Gasteiger partial charge on any atom is -0.504 e. The number of carbonyl (C=O) groups is 1. The Bertz CT molecular complexity index is 347. The van der Waals surface area contributed by atoms with E-state index in [0.29, 0.717) is 5.56 Å². The first-order valence-corrected chi connectivity index (χ1v) is 5.03. The second-order valence-electron chi connectivity index (χ2n) is 2.84. The third kappa shape index (κ3) is 2.07. The fourth-order valence-electron chi connectivity index (χ4n) is 1.15. The van der Waals surface area contributed by atoms with E-state index in [1.807, 2.05) is 0 Å². The van der Waals surface area contributed by atoms with Gasteiger partial charge in [-0.15, -0.1) is 0 Å². The number of benzene rings is 1. The molecule has 1 aromatic carbocycles. The molecule has 0 bridgehead atoms. The van der Waals surface area contributed by atoms with Gasteiger partial charge in [-0.3, -0.25) is 4.79 Å². The molecular formula is C10H11BrO3. The van der Waals surface area contributed by atoms with Crippen molar-refractivity contribution in [3.8, 4) is 11.5 Å². The number of Topliss-reactive ketones (excluding diaryl/α,β-unsaturated/α-hetero) is 1. The number of rotatable bonds is 3. The Morgan fingerprint density at radius 2 is 2.21 bits per heavy atom. The Labute approximate surface area is 90.8 Å². The third-order valence-corrected chi connectivity index (χ3v) is 2.24. The monoisotopic (exact) mass is 258 g/mol. The quantitative estimate of drug-likeness (QED) is 0.669. The lowest BCUT2D eigenvalue weighted by molar-refractivity contribution is 0.0992. The summed E-state index contributed by atoms with van der Waals surface area (Å²) < 4.78 is 4.96. The van der Waals surface area contributed by atoms with E-state index in [0.717, 1.165) is 0 Å². The molecule has 14 heavy (non-hydrogen) atoms. The van der Waals surface area contributed by atoms with Crippen molar-refractivity contribution >= 4 is 21.7 Å². The van der Waals surface area contributed by atoms with Gasteiger partial charge in [0, 0.05) is 0 Å². The van der Waals surface area contributed by atoms with Crippen LogP contribution in [0, 0.1) is 0 Å². The van der Waals surface area contributed by atoms with Gasteiger partial charge in [-0.2, -0.15) is 0 Å². The largest absolute Gasteiger partial charge is 0.504 e. The van der Waals surface area contributed by atoms with Crippen LogP contribution in [-0.4, -0.2) is 22.8 Å². The first-order chi connectivity index (χ1) is 6.57. The first-order valence-electron chi connectivity index (χ1n) is 4.12. The SMILES string of the molecule is COc1c(O)cccc1C(=O)C(C)Br. The molecule has 1 rings (SSSR count). The van der Waals surface area contributed by atoms with E-state index in [1.54, 1.807) is 19.1 Å². The number of phenols is 1. The van der Waals surface area contributed by atoms with Crippen molar-refractivity contribution in [3.63, 3.8) is 0 Å². The number of para-hydroxylation sites is 1. The summed E-state index contributed by atoms with van der Waals surface area (Å²) in [5, 5.41) is 9.43. The van der Waals surface area contributed by atoms with Gasteiger partial charge in [0.05, 0.1) is 17.5 Å². The average Bonchev–Trinajstić information content (AvgIpc) is 2.16. The van der Waals surface area contributed by atoms with E-state index in [1.165, 1.54) is 13.2 Å². The van der Waals surface area contributed by atoms with Crippen LogP contribution in [0.5, 0.6) is 11.5 Å². The topological polar surface area (TPSA) is 46.5 Å². The summed E-state index contributed by atoms with van der Waals surface area (Å²) in [6.07, 6.45) is 0. The number of carbonyl (C=O) groups excluding carboxylic acids is 1. The van der Waals surface area contributed by atoms with Gasteiger partial charge in [0.15, 0.2) is 17.3 Å². The average molecular weight is 259 g/mol. The van der Waals surface area contributed by atoms with Crippen LogP contribution in [0.3, 0.4) is 0 Å². The molecule has 0 aliphatic carbocycles. The Morgan fingerprint density at radius 3 is 2.71 bits per heavy atom. The molecule has 1 aromatic rings. The fraction of sp³-hybridized carbons (Fsp3) is 0.300. The standard InChI is InChI=1S/C10H11BrO3/c1-6(11)9(13)7-4-3-5-8(12)10(7)14-2/h3-6,12H,1-2H3. The molecule has 0 aliphatic rings. The van der Waals surface area contributed by atoms with Crippen molar-refractivity contribution < 1.29 is 14.6 Å². The van der Waals surface area contributed by atoms with Crippen molar-refractivity contribution in [1.29, 1.82) is 0 Å². The summed E-state index contributed by atoms with van der Waals surface area (Å²) in [4.78, 5) is 11.3. The molecule has 76 valence electrons. The Morgan fingerprint density at radius 1 is 1.57 bits per heavy atom. The molecule has 0 aromatic heterocycles. The van der Waals surface area contributed by atoms with Crippen LogP contribution in [0.2, 0.25) is 0 Å². The molecule has 1 atom stereocenters. The maximum absolute atomic E-state index is 11.6. The predicted molar refractivity (Wildman–Crippen MR) is 57.4 cm³/mol. The van der Waals surface area contributed by atoms with Gasteiger partial charge >= 0.3 is 0 Å². The number of phenolic OH excluding ortho intramolecular Hbond substituents is 1. The summed E-state index contributed by atoms with van der Waals surface area (Å²) in [5.74, 6) is 0.0908. The fourth-order valence-corrected chi connectivity index (χ4v) is 1.39. The second-order valence-corrected chi connectivity index (χ2v) is 4.21. The first kappa shape index (κ1) is 11.0. The molecule has 0 fully saturated rings. The highest BCUT2D eigenvalue weighted by atomic mass is 79.9. The molecule has 3 nitrogen and oxygen atoms in total. The molecule has 0 amide bonds. The van der Waals surface area contributed by atoms with E-state index in [9.17, 15) is 9.90 Å². The van der Waals surface area contributed by atoms with Crippen LogP contribution < -0.4 is 4.74 Å². The maximum Gasteiger partial charge on any atom is 0.180 e. The molecule has 0 saturated carbocycles. The summed E-state index contributed by atoms with van der Waals surface area (Å²) in [5.41, 5.74) is 0.386. The zero-order chi connectivity index (χ0) is 10.7. The molecule has 0 radical (unpaired) electrons. The van der Waals surface area contributed by atoms with Crippen molar-refractivity contribution in [2.24, 2.45) is 0 Å². The summed E-state index contributed by atoms with van der Waals surface area (Å²) >= 11 is 3.18. The number of halogens is 1. The number of hydrogen-bond donors (Lipinski definition) is 1. The zero-order valence-electron chi connectivity index (χ0n) is 7.95. The Kier molecular flexibility index (Phi) is 3.52. The molecule has 0 heterocycles. The highest BCUT2D eigenvalue weighted by Crippen LogP contribution is 2.31. The number of hydrogen-bond acceptors (Lipinski definition) is 3. The van der Waals surface area contributed by atoms with E-state index in [4.69, 9.17) is 4.74 Å². The molecule has 0 spiro atoms. The van der Waals surface area contributed by atoms with Crippen LogP contribution >= 0.6 is 15.9 Å². The smallest absolute Gasteiger partial charge is 0.180 e. The van der Waals surface area contributed by atoms with Gasteiger partial charge in [0.25, 0.3) is 0 Å². The van der Waals surface area contributed by atoms with Gasteiger partial charge in [0.1, 0.15) is 0 Å². The molecule has 0 aliphatic heterocycles. The summed E-state index contributed by atoms with van der Waals surface area (Å²) in [6.45, 7) is 1.73. The summed E-state index contributed by atoms with van der Waals surface area (Å²) in [7, 11) is 1.42. The lowest BCUT2D eigenvalue weighted by atomic mass is 10.1. The highest BCUT2D eigenvalue weighted by molar-refractivity contribution is 9.10. The van der Waals surface area contributed by atoms with Gasteiger partial charge < -0.3 is 9.84 Å². The third-order valence-electron chi connectivity index (χ3n) is 1.83. The van der Waals surface area contributed by atoms with Crippen LogP contribution in [0.1, 0.15) is 17.3 Å². The number of ether oxygens (including phenoxy) is 1. The summed E-state index contributed by atoms with van der Waals surface area (Å²) in [6, 6.07) is 4.72. The van der Waals surface area contributed by atoms with Crippen molar-refractivity contribution in [2.75, 3.05) is 7.11 Å². The zero-order valence-corrected chi connectivity index (χ0v) is 9.54. The van der Waals surface area contributed by atoms with Crippen LogP contribution in [-0.2, 0) is 0 Å². The van der Waals surface area contributed by atoms with Crippen LogP contribution in [0.4, 0.5) is 0 Å². The normalized spacial score (nSPS) is 12.2. The van der Waals surface area contributed by atoms with E-state index in [2.05, 4.69) is 15.9 Å². The maximum atomic E-state index is 11.6. The minimum absolute atomic E-state index is 0.0218. The van der Waals surface area contributed by atoms with Crippen molar-refractivity contribution in [3.05, 3.63) is 23.8 Å². The van der Waals surface area contributed by atoms with Gasteiger partial charge in [0.2, 0.25) is 0 Å². The Hall–Kier alpha value is -1.03. The molecule has 4 heteroatoms. The molecule has 1 unspecified atom stereocenters. The van der Waals surface area contributed by atoms with Gasteiger partial charge in [-0.25, -0.2) is 0 Å². The Balaban J connectivity index is 3.20. The molecule has 1 N–H and O–H groups in total. The molecule has 0 saturated heterocycles. The second kappa shape index (κ2) is 4.46. The molecular weight excluding hydrogens is 248 g/mol. The lowest BCUT2D eigenvalue weighted by Gasteiger charge is -2.09. The van der Waals surface area contributed by atoms with Crippen molar-refractivity contribution in [1.82, 2.24) is 0 Å². The van der Waals surface area contributed by atoms with E-state index < -0.39 is 0 Å². The highest BCUT2D eigenvalue weighted by Gasteiger charge is 2.18. The van der Waals surface area contributed by atoms with E-state index in [-0.39, 0.29) is 22.1 Å². The van der Waals surface area contributed by atoms with Crippen LogP contribution in [0.25, 0.3) is 0 Å². The van der Waals surface area contributed by atoms with Crippen molar-refractivity contribution in [2.45, 2.75) is 11.8 Å². The van der Waals surface area contributed by atoms with Crippen LogP contribution in [0.15, 0.2) is 18.2 Å². The van der Waals surface area contributed by atoms with Gasteiger partial charge in [-0.1, -0.05) is 22.0 Å². The lowest BCUT2D eigenvalue weighted by Crippen LogP contribution is -2.11.